The Balaban J connectivity index is 1.87. The molecule has 1 aliphatic rings. The Bertz CT molecular complexity index is 1100. The van der Waals surface area contributed by atoms with Crippen LogP contribution in [-0.4, -0.2) is 44.1 Å². The first-order chi connectivity index (χ1) is 15.3. The molecule has 0 spiro atoms. The Kier molecular flexibility index (Phi) is 7.26. The maximum absolute atomic E-state index is 13.0. The first-order valence-corrected chi connectivity index (χ1v) is 10.3. The Morgan fingerprint density at radius 2 is 1.81 bits per heavy atom. The molecule has 2 aromatic carbocycles. The number of hydrogen-bond donors (Lipinski definition) is 1. The molecule has 1 N–H and O–H groups in total. The third kappa shape index (κ3) is 5.14. The van der Waals surface area contributed by atoms with Gasteiger partial charge in [0.2, 0.25) is 0 Å². The SMILES string of the molecule is CCOC(=O)COc1ccc(/C=C2\C(=O)NC(=O)N(c3ccc(Br)cc3)C2=O)cc1OC. The Morgan fingerprint density at radius 1 is 1.09 bits per heavy atom. The normalized spacial score (nSPS) is 14.9. The number of halogens is 1. The summed E-state index contributed by atoms with van der Waals surface area (Å²) in [5, 5.41) is 2.17. The predicted molar refractivity (Wildman–Crippen MR) is 118 cm³/mol. The number of anilines is 1. The number of nitrogens with one attached hydrogen (secondary N) is 1. The lowest BCUT2D eigenvalue weighted by Crippen LogP contribution is -2.54. The van der Waals surface area contributed by atoms with Gasteiger partial charge in [0.25, 0.3) is 11.8 Å². The van der Waals surface area contributed by atoms with E-state index in [1.807, 2.05) is 0 Å². The Hall–Kier alpha value is -3.66. The average Bonchev–Trinajstić information content (AvgIpc) is 2.77. The van der Waals surface area contributed by atoms with Crippen molar-refractivity contribution in [3.63, 3.8) is 0 Å². The lowest BCUT2D eigenvalue weighted by atomic mass is 10.1. The third-order valence-electron chi connectivity index (χ3n) is 4.34. The van der Waals surface area contributed by atoms with Crippen LogP contribution >= 0.6 is 15.9 Å². The number of hydrogen-bond acceptors (Lipinski definition) is 7. The second-order valence-corrected chi connectivity index (χ2v) is 7.35. The van der Waals surface area contributed by atoms with E-state index in [9.17, 15) is 19.2 Å². The molecular formula is C22H19BrN2O7. The summed E-state index contributed by atoms with van der Waals surface area (Å²) in [4.78, 5) is 50.0. The molecule has 166 valence electrons. The molecule has 3 rings (SSSR count). The second-order valence-electron chi connectivity index (χ2n) is 6.44. The van der Waals surface area contributed by atoms with Crippen LogP contribution < -0.4 is 19.7 Å². The van der Waals surface area contributed by atoms with Gasteiger partial charge in [-0.1, -0.05) is 22.0 Å². The number of benzene rings is 2. The monoisotopic (exact) mass is 502 g/mol. The third-order valence-corrected chi connectivity index (χ3v) is 4.86. The lowest BCUT2D eigenvalue weighted by molar-refractivity contribution is -0.145. The molecule has 0 radical (unpaired) electrons. The van der Waals surface area contributed by atoms with E-state index in [1.54, 1.807) is 37.3 Å². The van der Waals surface area contributed by atoms with E-state index in [1.165, 1.54) is 25.3 Å². The maximum Gasteiger partial charge on any atom is 0.344 e. The van der Waals surface area contributed by atoms with Crippen molar-refractivity contribution in [1.82, 2.24) is 5.32 Å². The first-order valence-electron chi connectivity index (χ1n) is 9.47. The molecular weight excluding hydrogens is 484 g/mol. The van der Waals surface area contributed by atoms with Crippen LogP contribution in [0.25, 0.3) is 6.08 Å². The molecule has 32 heavy (non-hydrogen) atoms. The van der Waals surface area contributed by atoms with Crippen LogP contribution in [0, 0.1) is 0 Å². The number of carbonyl (C=O) groups is 4. The average molecular weight is 503 g/mol. The fraction of sp³-hybridized carbons (Fsp3) is 0.182. The molecule has 1 fully saturated rings. The van der Waals surface area contributed by atoms with Crippen molar-refractivity contribution in [2.45, 2.75) is 6.92 Å². The van der Waals surface area contributed by atoms with Crippen molar-refractivity contribution < 1.29 is 33.4 Å². The largest absolute Gasteiger partial charge is 0.493 e. The van der Waals surface area contributed by atoms with Crippen LogP contribution in [0.1, 0.15) is 12.5 Å². The van der Waals surface area contributed by atoms with E-state index in [0.29, 0.717) is 11.3 Å². The number of barbiturate groups is 1. The number of imide groups is 2. The van der Waals surface area contributed by atoms with Gasteiger partial charge >= 0.3 is 12.0 Å². The molecule has 10 heteroatoms. The smallest absolute Gasteiger partial charge is 0.344 e. The molecule has 4 amide bonds. The van der Waals surface area contributed by atoms with Crippen LogP contribution in [0.2, 0.25) is 0 Å². The van der Waals surface area contributed by atoms with Crippen LogP contribution in [0.5, 0.6) is 11.5 Å². The molecule has 0 aliphatic carbocycles. The lowest BCUT2D eigenvalue weighted by Gasteiger charge is -2.26. The number of nitrogens with zero attached hydrogens (tertiary/aromatic N) is 1. The van der Waals surface area contributed by atoms with Crippen molar-refractivity contribution in [2.24, 2.45) is 0 Å². The van der Waals surface area contributed by atoms with Crippen LogP contribution in [0.4, 0.5) is 10.5 Å². The van der Waals surface area contributed by atoms with Crippen molar-refractivity contribution in [2.75, 3.05) is 25.2 Å². The van der Waals surface area contributed by atoms with Gasteiger partial charge in [-0.2, -0.15) is 0 Å². The summed E-state index contributed by atoms with van der Waals surface area (Å²) >= 11 is 3.29. The molecule has 1 heterocycles. The summed E-state index contributed by atoms with van der Waals surface area (Å²) in [7, 11) is 1.41. The summed E-state index contributed by atoms with van der Waals surface area (Å²) in [5.41, 5.74) is 0.540. The summed E-state index contributed by atoms with van der Waals surface area (Å²) < 4.78 is 16.3. The van der Waals surface area contributed by atoms with Gasteiger partial charge in [-0.15, -0.1) is 0 Å². The van der Waals surface area contributed by atoms with E-state index < -0.39 is 23.8 Å². The molecule has 1 saturated heterocycles. The summed E-state index contributed by atoms with van der Waals surface area (Å²) in [6, 6.07) is 10.3. The van der Waals surface area contributed by atoms with Crippen LogP contribution in [0.3, 0.4) is 0 Å². The van der Waals surface area contributed by atoms with Gasteiger partial charge in [0.1, 0.15) is 5.57 Å². The predicted octanol–water partition coefficient (Wildman–Crippen LogP) is 3.07. The van der Waals surface area contributed by atoms with E-state index in [0.717, 1.165) is 9.37 Å². The first kappa shape index (κ1) is 23.0. The zero-order valence-electron chi connectivity index (χ0n) is 17.2. The summed E-state index contributed by atoms with van der Waals surface area (Å²) in [6.45, 7) is 1.63. The van der Waals surface area contributed by atoms with E-state index >= 15 is 0 Å². The minimum Gasteiger partial charge on any atom is -0.493 e. The minimum atomic E-state index is -0.834. The number of esters is 1. The van der Waals surface area contributed by atoms with E-state index in [2.05, 4.69) is 21.2 Å². The van der Waals surface area contributed by atoms with Crippen molar-refractivity contribution in [3.8, 4) is 11.5 Å². The van der Waals surface area contributed by atoms with Gasteiger partial charge < -0.3 is 14.2 Å². The maximum atomic E-state index is 13.0. The van der Waals surface area contributed by atoms with Crippen molar-refractivity contribution in [3.05, 3.63) is 58.1 Å². The van der Waals surface area contributed by atoms with Crippen LogP contribution in [0.15, 0.2) is 52.5 Å². The van der Waals surface area contributed by atoms with Crippen molar-refractivity contribution in [1.29, 1.82) is 0 Å². The topological polar surface area (TPSA) is 111 Å². The highest BCUT2D eigenvalue weighted by atomic mass is 79.9. The highest BCUT2D eigenvalue weighted by Gasteiger charge is 2.36. The quantitative estimate of drug-likeness (QED) is 0.351. The summed E-state index contributed by atoms with van der Waals surface area (Å²) in [5.74, 6) is -1.53. The standard InChI is InChI=1S/C22H19BrN2O7/c1-3-31-19(26)12-32-17-9-4-13(11-18(17)30-2)10-16-20(27)24-22(29)25(21(16)28)15-7-5-14(23)6-8-15/h4-11H,3,12H2,1-2H3,(H,24,27,29)/b16-10+. The van der Waals surface area contributed by atoms with Gasteiger partial charge in [-0.25, -0.2) is 14.5 Å². The molecule has 9 nitrogen and oxygen atoms in total. The number of urea groups is 1. The number of ether oxygens (including phenoxy) is 3. The van der Waals surface area contributed by atoms with Gasteiger partial charge in [-0.3, -0.25) is 14.9 Å². The molecule has 0 aromatic heterocycles. The molecule has 0 bridgehead atoms. The fourth-order valence-corrected chi connectivity index (χ4v) is 3.15. The Morgan fingerprint density at radius 3 is 2.47 bits per heavy atom. The minimum absolute atomic E-state index is 0.227. The van der Waals surface area contributed by atoms with E-state index in [4.69, 9.17) is 14.2 Å². The van der Waals surface area contributed by atoms with Gasteiger partial charge in [-0.05, 0) is 55.0 Å². The van der Waals surface area contributed by atoms with Crippen molar-refractivity contribution >= 4 is 51.5 Å². The molecule has 0 unspecified atom stereocenters. The molecule has 0 atom stereocenters. The molecule has 1 aliphatic heterocycles. The molecule has 0 saturated carbocycles. The second kappa shape index (κ2) is 10.1. The van der Waals surface area contributed by atoms with Crippen LogP contribution in [-0.2, 0) is 19.1 Å². The number of carbonyl (C=O) groups excluding carboxylic acids is 4. The van der Waals surface area contributed by atoms with Gasteiger partial charge in [0.15, 0.2) is 18.1 Å². The number of methoxy groups -OCH3 is 1. The van der Waals surface area contributed by atoms with Gasteiger partial charge in [0.05, 0.1) is 19.4 Å². The number of amides is 4. The Labute approximate surface area is 192 Å². The van der Waals surface area contributed by atoms with E-state index in [-0.39, 0.29) is 30.3 Å². The number of rotatable bonds is 7. The fourth-order valence-electron chi connectivity index (χ4n) is 2.88. The summed E-state index contributed by atoms with van der Waals surface area (Å²) in [6.07, 6.45) is 1.34. The zero-order valence-corrected chi connectivity index (χ0v) is 18.8. The zero-order chi connectivity index (χ0) is 23.3. The highest BCUT2D eigenvalue weighted by molar-refractivity contribution is 9.10. The van der Waals surface area contributed by atoms with Gasteiger partial charge in [0, 0.05) is 4.47 Å². The molecule has 2 aromatic rings. The highest BCUT2D eigenvalue weighted by Crippen LogP contribution is 2.30.